The summed E-state index contributed by atoms with van der Waals surface area (Å²) in [7, 11) is 0. The normalized spacial score (nSPS) is 10.3. The number of ether oxygens (including phenoxy) is 1. The molecule has 0 fully saturated rings. The second-order valence-electron chi connectivity index (χ2n) is 3.69. The minimum absolute atomic E-state index is 0.0700. The van der Waals surface area contributed by atoms with Crippen LogP contribution in [-0.2, 0) is 17.6 Å². The summed E-state index contributed by atoms with van der Waals surface area (Å²) in [5.74, 6) is -0.671. The number of carbonyl (C=O) groups is 1. The van der Waals surface area contributed by atoms with Gasteiger partial charge in [0.05, 0.1) is 6.61 Å². The summed E-state index contributed by atoms with van der Waals surface area (Å²) < 4.78 is 4.87. The summed E-state index contributed by atoms with van der Waals surface area (Å²) >= 11 is 0. The summed E-state index contributed by atoms with van der Waals surface area (Å²) in [5, 5.41) is 19.8. The third kappa shape index (κ3) is 2.52. The van der Waals surface area contributed by atoms with Gasteiger partial charge in [-0.25, -0.2) is 4.79 Å². The summed E-state index contributed by atoms with van der Waals surface area (Å²) in [6.45, 7) is 5.64. The maximum absolute atomic E-state index is 11.6. The first-order chi connectivity index (χ1) is 8.06. The number of hydrogen-bond acceptors (Lipinski definition) is 4. The molecule has 0 unspecified atom stereocenters. The zero-order valence-electron chi connectivity index (χ0n) is 10.4. The number of esters is 1. The van der Waals surface area contributed by atoms with Crippen LogP contribution in [0.25, 0.3) is 0 Å². The monoisotopic (exact) mass is 238 g/mol. The van der Waals surface area contributed by atoms with Gasteiger partial charge in [-0.05, 0) is 31.4 Å². The Labute approximate surface area is 101 Å². The van der Waals surface area contributed by atoms with E-state index in [1.807, 2.05) is 13.8 Å². The van der Waals surface area contributed by atoms with E-state index in [4.69, 9.17) is 4.74 Å². The summed E-state index contributed by atoms with van der Waals surface area (Å²) in [4.78, 5) is 11.6. The van der Waals surface area contributed by atoms with E-state index in [0.717, 1.165) is 0 Å². The lowest BCUT2D eigenvalue weighted by molar-refractivity contribution is 0.0522. The Balaban J connectivity index is 3.36. The largest absolute Gasteiger partial charge is 0.507 e. The number of phenols is 2. The van der Waals surface area contributed by atoms with Gasteiger partial charge in [-0.1, -0.05) is 13.8 Å². The molecule has 0 aromatic heterocycles. The van der Waals surface area contributed by atoms with Gasteiger partial charge in [0.15, 0.2) is 0 Å². The van der Waals surface area contributed by atoms with Crippen LogP contribution in [0.5, 0.6) is 11.5 Å². The predicted molar refractivity (Wildman–Crippen MR) is 64.5 cm³/mol. The van der Waals surface area contributed by atoms with Crippen LogP contribution < -0.4 is 0 Å². The van der Waals surface area contributed by atoms with E-state index in [9.17, 15) is 15.0 Å². The fraction of sp³-hybridized carbons (Fsp3) is 0.462. The smallest absolute Gasteiger partial charge is 0.341 e. The first kappa shape index (κ1) is 13.4. The predicted octanol–water partition coefficient (Wildman–Crippen LogP) is 2.40. The molecular formula is C13H18O4. The van der Waals surface area contributed by atoms with Crippen molar-refractivity contribution in [3.63, 3.8) is 0 Å². The Morgan fingerprint density at radius 2 is 1.82 bits per heavy atom. The van der Waals surface area contributed by atoms with E-state index in [1.54, 1.807) is 6.92 Å². The van der Waals surface area contributed by atoms with Crippen molar-refractivity contribution in [2.45, 2.75) is 33.6 Å². The molecule has 2 N–H and O–H groups in total. The maximum atomic E-state index is 11.6. The van der Waals surface area contributed by atoms with Crippen LogP contribution in [0, 0.1) is 0 Å². The highest BCUT2D eigenvalue weighted by Crippen LogP contribution is 2.35. The highest BCUT2D eigenvalue weighted by atomic mass is 16.5. The van der Waals surface area contributed by atoms with Gasteiger partial charge in [0.2, 0.25) is 0 Å². The molecule has 0 bridgehead atoms. The summed E-state index contributed by atoms with van der Waals surface area (Å²) in [6, 6.07) is 1.49. The Bertz CT molecular complexity index is 424. The molecule has 4 nitrogen and oxygen atoms in total. The first-order valence-corrected chi connectivity index (χ1v) is 5.80. The van der Waals surface area contributed by atoms with Gasteiger partial charge in [0.25, 0.3) is 0 Å². The molecule has 0 aliphatic heterocycles. The lowest BCUT2D eigenvalue weighted by atomic mass is 9.99. The van der Waals surface area contributed by atoms with E-state index in [2.05, 4.69) is 0 Å². The highest BCUT2D eigenvalue weighted by Gasteiger charge is 2.20. The van der Waals surface area contributed by atoms with Gasteiger partial charge < -0.3 is 14.9 Å². The molecule has 1 aromatic rings. The van der Waals surface area contributed by atoms with Gasteiger partial charge in [-0.3, -0.25) is 0 Å². The van der Waals surface area contributed by atoms with E-state index in [1.165, 1.54) is 6.07 Å². The number of aryl methyl sites for hydroxylation is 1. The molecule has 0 heterocycles. The minimum Gasteiger partial charge on any atom is -0.507 e. The maximum Gasteiger partial charge on any atom is 0.341 e. The zero-order chi connectivity index (χ0) is 13.0. The van der Waals surface area contributed by atoms with Crippen LogP contribution in [0.4, 0.5) is 0 Å². The Hall–Kier alpha value is -1.71. The summed E-state index contributed by atoms with van der Waals surface area (Å²) in [5.41, 5.74) is 1.16. The number of benzene rings is 1. The van der Waals surface area contributed by atoms with Crippen molar-refractivity contribution < 1.29 is 19.7 Å². The zero-order valence-corrected chi connectivity index (χ0v) is 10.4. The number of phenolic OH excluding ortho intramolecular Hbond substituents is 2. The van der Waals surface area contributed by atoms with Crippen molar-refractivity contribution in [1.29, 1.82) is 0 Å². The Morgan fingerprint density at radius 3 is 2.29 bits per heavy atom. The first-order valence-electron chi connectivity index (χ1n) is 5.80. The molecule has 1 rings (SSSR count). The van der Waals surface area contributed by atoms with E-state index in [-0.39, 0.29) is 23.7 Å². The minimum atomic E-state index is -0.561. The molecule has 94 valence electrons. The molecule has 17 heavy (non-hydrogen) atoms. The van der Waals surface area contributed by atoms with Crippen molar-refractivity contribution in [3.8, 4) is 11.5 Å². The van der Waals surface area contributed by atoms with Crippen LogP contribution in [0.3, 0.4) is 0 Å². The van der Waals surface area contributed by atoms with Crippen molar-refractivity contribution in [1.82, 2.24) is 0 Å². The number of hydrogen-bond donors (Lipinski definition) is 2. The van der Waals surface area contributed by atoms with Crippen molar-refractivity contribution in [2.75, 3.05) is 6.61 Å². The highest BCUT2D eigenvalue weighted by molar-refractivity contribution is 5.93. The van der Waals surface area contributed by atoms with Crippen LogP contribution in [0.2, 0.25) is 0 Å². The topological polar surface area (TPSA) is 66.8 Å². The third-order valence-corrected chi connectivity index (χ3v) is 2.68. The number of aromatic hydroxyl groups is 2. The van der Waals surface area contributed by atoms with Crippen LogP contribution in [0.15, 0.2) is 6.07 Å². The average Bonchev–Trinajstić information content (AvgIpc) is 2.30. The molecule has 0 amide bonds. The SMILES string of the molecule is CCOC(=O)c1cc(CC)c(O)c(CC)c1O. The number of carbonyl (C=O) groups excluding carboxylic acids is 1. The van der Waals surface area contributed by atoms with Crippen LogP contribution in [0.1, 0.15) is 42.3 Å². The number of rotatable bonds is 4. The molecule has 4 heteroatoms. The molecule has 0 saturated heterocycles. The second kappa shape index (κ2) is 5.57. The van der Waals surface area contributed by atoms with Gasteiger partial charge >= 0.3 is 5.97 Å². The summed E-state index contributed by atoms with van der Waals surface area (Å²) in [6.07, 6.45) is 1.05. The van der Waals surface area contributed by atoms with Crippen LogP contribution in [-0.4, -0.2) is 22.8 Å². The standard InChI is InChI=1S/C13H18O4/c1-4-8-7-10(13(16)17-6-3)12(15)9(5-2)11(8)14/h7,14-15H,4-6H2,1-3H3. The quantitative estimate of drug-likeness (QED) is 0.790. The van der Waals surface area contributed by atoms with Gasteiger partial charge in [-0.2, -0.15) is 0 Å². The van der Waals surface area contributed by atoms with Crippen molar-refractivity contribution in [3.05, 3.63) is 22.8 Å². The lowest BCUT2D eigenvalue weighted by Gasteiger charge is -2.13. The van der Waals surface area contributed by atoms with Crippen LogP contribution >= 0.6 is 0 Å². The lowest BCUT2D eigenvalue weighted by Crippen LogP contribution is -2.07. The molecule has 0 spiro atoms. The Kier molecular flexibility index (Phi) is 4.37. The van der Waals surface area contributed by atoms with E-state index >= 15 is 0 Å². The fourth-order valence-corrected chi connectivity index (χ4v) is 1.75. The Morgan fingerprint density at radius 1 is 1.18 bits per heavy atom. The van der Waals surface area contributed by atoms with Gasteiger partial charge in [0.1, 0.15) is 17.1 Å². The average molecular weight is 238 g/mol. The molecule has 0 saturated carbocycles. The second-order valence-corrected chi connectivity index (χ2v) is 3.69. The molecular weight excluding hydrogens is 220 g/mol. The van der Waals surface area contributed by atoms with Crippen molar-refractivity contribution >= 4 is 5.97 Å². The third-order valence-electron chi connectivity index (χ3n) is 2.68. The molecule has 1 aromatic carbocycles. The van der Waals surface area contributed by atoms with Crippen molar-refractivity contribution in [2.24, 2.45) is 0 Å². The molecule has 0 atom stereocenters. The molecule has 0 radical (unpaired) electrons. The molecule has 0 aliphatic rings. The fourth-order valence-electron chi connectivity index (χ4n) is 1.75. The van der Waals surface area contributed by atoms with Gasteiger partial charge in [0, 0.05) is 5.56 Å². The van der Waals surface area contributed by atoms with Gasteiger partial charge in [-0.15, -0.1) is 0 Å². The van der Waals surface area contributed by atoms with E-state index in [0.29, 0.717) is 24.0 Å². The molecule has 0 aliphatic carbocycles. The van der Waals surface area contributed by atoms with E-state index < -0.39 is 5.97 Å².